The maximum atomic E-state index is 12.8. The summed E-state index contributed by atoms with van der Waals surface area (Å²) in [6.45, 7) is 7.21. The van der Waals surface area contributed by atoms with E-state index in [-0.39, 0.29) is 23.4 Å². The van der Waals surface area contributed by atoms with Gasteiger partial charge in [0, 0.05) is 31.6 Å². The van der Waals surface area contributed by atoms with Crippen molar-refractivity contribution in [2.24, 2.45) is 5.92 Å². The SMILES string of the molecule is CCCCC(CCCC)C(=O)NC1CCN(Cc2ccc(Oc3ccc(C(=O)O)cc3)cc2)CC1. The molecule has 2 aromatic carbocycles. The van der Waals surface area contributed by atoms with Crippen LogP contribution in [0.15, 0.2) is 48.5 Å². The number of carboxylic acids is 1. The number of amides is 1. The van der Waals surface area contributed by atoms with Crippen LogP contribution < -0.4 is 10.1 Å². The minimum atomic E-state index is -0.949. The van der Waals surface area contributed by atoms with Gasteiger partial charge >= 0.3 is 5.97 Å². The molecule has 0 aromatic heterocycles. The van der Waals surface area contributed by atoms with Gasteiger partial charge in [0.25, 0.3) is 0 Å². The van der Waals surface area contributed by atoms with E-state index in [1.807, 2.05) is 12.1 Å². The number of nitrogens with zero attached hydrogens (tertiary/aromatic N) is 1. The van der Waals surface area contributed by atoms with Crippen molar-refractivity contribution >= 4 is 11.9 Å². The van der Waals surface area contributed by atoms with Crippen LogP contribution in [0.1, 0.15) is 81.1 Å². The van der Waals surface area contributed by atoms with E-state index in [0.29, 0.717) is 5.75 Å². The van der Waals surface area contributed by atoms with Crippen LogP contribution in [-0.4, -0.2) is 41.0 Å². The normalized spacial score (nSPS) is 14.7. The molecule has 0 radical (unpaired) electrons. The van der Waals surface area contributed by atoms with Gasteiger partial charge in [-0.1, -0.05) is 51.7 Å². The van der Waals surface area contributed by atoms with Gasteiger partial charge in [0.2, 0.25) is 5.91 Å². The van der Waals surface area contributed by atoms with Crippen molar-refractivity contribution in [1.82, 2.24) is 10.2 Å². The summed E-state index contributed by atoms with van der Waals surface area (Å²) in [5.41, 5.74) is 1.46. The second-order valence-corrected chi connectivity index (χ2v) is 9.62. The molecule has 0 spiro atoms. The van der Waals surface area contributed by atoms with Crippen LogP contribution in [0, 0.1) is 5.92 Å². The number of nitrogens with one attached hydrogen (secondary N) is 1. The Balaban J connectivity index is 1.43. The van der Waals surface area contributed by atoms with E-state index >= 15 is 0 Å². The fourth-order valence-electron chi connectivity index (χ4n) is 4.58. The Morgan fingerprint density at radius 1 is 0.943 bits per heavy atom. The molecule has 1 amide bonds. The zero-order valence-electron chi connectivity index (χ0n) is 21.2. The van der Waals surface area contributed by atoms with Crippen LogP contribution >= 0.6 is 0 Å². The minimum Gasteiger partial charge on any atom is -0.478 e. The molecular formula is C29H40N2O4. The Kier molecular flexibility index (Phi) is 10.6. The Morgan fingerprint density at radius 3 is 2.00 bits per heavy atom. The molecule has 2 N–H and O–H groups in total. The molecule has 1 saturated heterocycles. The lowest BCUT2D eigenvalue weighted by atomic mass is 9.94. The van der Waals surface area contributed by atoms with Crippen LogP contribution in [-0.2, 0) is 11.3 Å². The molecule has 1 heterocycles. The van der Waals surface area contributed by atoms with Gasteiger partial charge in [-0.25, -0.2) is 4.79 Å². The first-order chi connectivity index (χ1) is 17.0. The number of carboxylic acid groups (broad SMARTS) is 1. The van der Waals surface area contributed by atoms with Crippen molar-refractivity contribution in [3.63, 3.8) is 0 Å². The molecule has 35 heavy (non-hydrogen) atoms. The van der Waals surface area contributed by atoms with E-state index in [1.54, 1.807) is 12.1 Å². The van der Waals surface area contributed by atoms with E-state index in [1.165, 1.54) is 17.7 Å². The minimum absolute atomic E-state index is 0.170. The smallest absolute Gasteiger partial charge is 0.335 e. The van der Waals surface area contributed by atoms with E-state index in [0.717, 1.165) is 76.8 Å². The molecular weight excluding hydrogens is 440 g/mol. The highest BCUT2D eigenvalue weighted by Gasteiger charge is 2.24. The number of carbonyl (C=O) groups excluding carboxylic acids is 1. The number of ether oxygens (including phenoxy) is 1. The number of hydrogen-bond acceptors (Lipinski definition) is 4. The number of aromatic carboxylic acids is 1. The third-order valence-electron chi connectivity index (χ3n) is 6.78. The third-order valence-corrected chi connectivity index (χ3v) is 6.78. The van der Waals surface area contributed by atoms with Gasteiger partial charge in [-0.05, 0) is 67.6 Å². The summed E-state index contributed by atoms with van der Waals surface area (Å²) < 4.78 is 5.83. The van der Waals surface area contributed by atoms with E-state index in [9.17, 15) is 9.59 Å². The topological polar surface area (TPSA) is 78.9 Å². The summed E-state index contributed by atoms with van der Waals surface area (Å²) in [4.78, 5) is 26.3. The highest BCUT2D eigenvalue weighted by molar-refractivity contribution is 5.87. The fourth-order valence-corrected chi connectivity index (χ4v) is 4.58. The van der Waals surface area contributed by atoms with Gasteiger partial charge in [0.15, 0.2) is 0 Å². The molecule has 0 unspecified atom stereocenters. The van der Waals surface area contributed by atoms with Gasteiger partial charge in [0.05, 0.1) is 5.56 Å². The summed E-state index contributed by atoms with van der Waals surface area (Å²) >= 11 is 0. The summed E-state index contributed by atoms with van der Waals surface area (Å²) in [7, 11) is 0. The number of rotatable bonds is 13. The van der Waals surface area contributed by atoms with E-state index in [2.05, 4.69) is 36.2 Å². The molecule has 1 aliphatic rings. The van der Waals surface area contributed by atoms with Crippen molar-refractivity contribution in [2.45, 2.75) is 77.8 Å². The standard InChI is InChI=1S/C29H40N2O4/c1-3-5-7-23(8-6-4-2)28(32)30-25-17-19-31(20-18-25)21-22-9-13-26(14-10-22)35-27-15-11-24(12-16-27)29(33)34/h9-16,23,25H,3-8,17-21H2,1-2H3,(H,30,32)(H,33,34). The molecule has 6 nitrogen and oxygen atoms in total. The number of piperidine rings is 1. The number of carbonyl (C=O) groups is 2. The van der Waals surface area contributed by atoms with Gasteiger partial charge in [0.1, 0.15) is 11.5 Å². The summed E-state index contributed by atoms with van der Waals surface area (Å²) in [5, 5.41) is 12.3. The second-order valence-electron chi connectivity index (χ2n) is 9.62. The van der Waals surface area contributed by atoms with Crippen LogP contribution in [0.5, 0.6) is 11.5 Å². The monoisotopic (exact) mass is 480 g/mol. The van der Waals surface area contributed by atoms with Crippen LogP contribution in [0.2, 0.25) is 0 Å². The van der Waals surface area contributed by atoms with Crippen molar-refractivity contribution in [1.29, 1.82) is 0 Å². The predicted octanol–water partition coefficient (Wildman–Crippen LogP) is 6.25. The summed E-state index contributed by atoms with van der Waals surface area (Å²) in [6, 6.07) is 14.7. The molecule has 0 bridgehead atoms. The summed E-state index contributed by atoms with van der Waals surface area (Å²) in [6.07, 6.45) is 8.54. The summed E-state index contributed by atoms with van der Waals surface area (Å²) in [5.74, 6) is 0.815. The Hall–Kier alpha value is -2.86. The number of hydrogen-bond donors (Lipinski definition) is 2. The molecule has 1 aliphatic heterocycles. The lowest BCUT2D eigenvalue weighted by molar-refractivity contribution is -0.126. The van der Waals surface area contributed by atoms with Gasteiger partial charge < -0.3 is 15.2 Å². The highest BCUT2D eigenvalue weighted by atomic mass is 16.5. The van der Waals surface area contributed by atoms with Gasteiger partial charge in [-0.3, -0.25) is 9.69 Å². The lowest BCUT2D eigenvalue weighted by Crippen LogP contribution is -2.46. The van der Waals surface area contributed by atoms with Crippen molar-refractivity contribution in [3.8, 4) is 11.5 Å². The van der Waals surface area contributed by atoms with Gasteiger partial charge in [-0.2, -0.15) is 0 Å². The largest absolute Gasteiger partial charge is 0.478 e. The third kappa shape index (κ3) is 8.70. The maximum absolute atomic E-state index is 12.8. The molecule has 0 atom stereocenters. The Bertz CT molecular complexity index is 911. The van der Waals surface area contributed by atoms with Crippen molar-refractivity contribution < 1.29 is 19.4 Å². The number of likely N-dealkylation sites (tertiary alicyclic amines) is 1. The molecule has 0 aliphatic carbocycles. The van der Waals surface area contributed by atoms with Crippen LogP contribution in [0.25, 0.3) is 0 Å². The second kappa shape index (κ2) is 13.9. The molecule has 3 rings (SSSR count). The van der Waals surface area contributed by atoms with Crippen LogP contribution in [0.3, 0.4) is 0 Å². The van der Waals surface area contributed by atoms with Gasteiger partial charge in [-0.15, -0.1) is 0 Å². The fraction of sp³-hybridized carbons (Fsp3) is 0.517. The molecule has 0 saturated carbocycles. The Morgan fingerprint density at radius 2 is 1.49 bits per heavy atom. The van der Waals surface area contributed by atoms with Crippen LogP contribution in [0.4, 0.5) is 0 Å². The first-order valence-corrected chi connectivity index (χ1v) is 13.1. The molecule has 1 fully saturated rings. The van der Waals surface area contributed by atoms with E-state index in [4.69, 9.17) is 9.84 Å². The lowest BCUT2D eigenvalue weighted by Gasteiger charge is -2.33. The predicted molar refractivity (Wildman–Crippen MR) is 139 cm³/mol. The first-order valence-electron chi connectivity index (χ1n) is 13.1. The van der Waals surface area contributed by atoms with Crippen molar-refractivity contribution in [2.75, 3.05) is 13.1 Å². The molecule has 190 valence electrons. The van der Waals surface area contributed by atoms with E-state index < -0.39 is 5.97 Å². The highest BCUT2D eigenvalue weighted by Crippen LogP contribution is 2.23. The molecule has 6 heteroatoms. The quantitative estimate of drug-likeness (QED) is 0.354. The van der Waals surface area contributed by atoms with Crippen molar-refractivity contribution in [3.05, 3.63) is 59.7 Å². The number of unbranched alkanes of at least 4 members (excludes halogenated alkanes) is 2. The maximum Gasteiger partial charge on any atom is 0.335 e. The molecule has 2 aromatic rings. The first kappa shape index (κ1) is 26.7. The average Bonchev–Trinajstić information content (AvgIpc) is 2.87. The zero-order chi connectivity index (χ0) is 25.0. The zero-order valence-corrected chi connectivity index (χ0v) is 21.2. The number of benzene rings is 2. The Labute approximate surface area is 209 Å². The average molecular weight is 481 g/mol.